The summed E-state index contributed by atoms with van der Waals surface area (Å²) in [5, 5.41) is 0.370. The van der Waals surface area contributed by atoms with Gasteiger partial charge in [-0.3, -0.25) is 4.79 Å². The Bertz CT molecular complexity index is 596. The van der Waals surface area contributed by atoms with Gasteiger partial charge in [0.05, 0.1) is 21.8 Å². The Kier molecular flexibility index (Phi) is 5.12. The Hall–Kier alpha value is -0.150. The quantitative estimate of drug-likeness (QED) is 0.729. The second kappa shape index (κ2) is 6.31. The van der Waals surface area contributed by atoms with Gasteiger partial charge in [0.1, 0.15) is 4.21 Å². The summed E-state index contributed by atoms with van der Waals surface area (Å²) in [5.41, 5.74) is 0. The minimum atomic E-state index is -3.61. The van der Waals surface area contributed by atoms with Crippen molar-refractivity contribution in [2.45, 2.75) is 17.1 Å². The van der Waals surface area contributed by atoms with Crippen LogP contribution in [-0.4, -0.2) is 38.9 Å². The number of thiophene rings is 1. The molecule has 1 saturated heterocycles. The zero-order valence-electron chi connectivity index (χ0n) is 10.6. The maximum atomic E-state index is 12.5. The predicted molar refractivity (Wildman–Crippen MR) is 80.5 cm³/mol. The third-order valence-electron chi connectivity index (χ3n) is 3.14. The minimum absolute atomic E-state index is 0.155. The van der Waals surface area contributed by atoms with Gasteiger partial charge in [0.15, 0.2) is 0 Å². The van der Waals surface area contributed by atoms with E-state index in [1.807, 2.05) is 0 Å². The molecule has 1 atom stereocenters. The van der Waals surface area contributed by atoms with Crippen LogP contribution in [0, 0.1) is 5.92 Å². The summed E-state index contributed by atoms with van der Waals surface area (Å²) in [4.78, 5) is 11.6. The molecular weight excluding hydrogens is 390 g/mol. The van der Waals surface area contributed by atoms with Crippen LogP contribution in [0.1, 0.15) is 12.8 Å². The maximum absolute atomic E-state index is 12.5. The van der Waals surface area contributed by atoms with Gasteiger partial charge in [0, 0.05) is 13.1 Å². The van der Waals surface area contributed by atoms with Crippen molar-refractivity contribution in [2.75, 3.05) is 20.2 Å². The van der Waals surface area contributed by atoms with Gasteiger partial charge in [-0.05, 0) is 34.8 Å². The number of carbonyl (C=O) groups excluding carboxylic acids is 1. The summed E-state index contributed by atoms with van der Waals surface area (Å²) in [7, 11) is -2.30. The SMILES string of the molecule is COC(=O)[C@H]1CCCN(S(=O)(=O)c2cc(Cl)c(Br)s2)C1. The second-order valence-corrected chi connectivity index (χ2v) is 9.35. The fraction of sp³-hybridized carbons (Fsp3) is 0.545. The Balaban J connectivity index is 2.23. The maximum Gasteiger partial charge on any atom is 0.309 e. The molecule has 2 heterocycles. The lowest BCUT2D eigenvalue weighted by Crippen LogP contribution is -2.42. The molecule has 0 radical (unpaired) electrons. The molecule has 1 aliphatic rings. The van der Waals surface area contributed by atoms with Crippen LogP contribution in [0.15, 0.2) is 14.1 Å². The van der Waals surface area contributed by atoms with E-state index in [-0.39, 0.29) is 16.7 Å². The van der Waals surface area contributed by atoms with Crippen molar-refractivity contribution in [1.29, 1.82) is 0 Å². The van der Waals surface area contributed by atoms with Crippen molar-refractivity contribution < 1.29 is 17.9 Å². The highest BCUT2D eigenvalue weighted by Gasteiger charge is 2.34. The highest BCUT2D eigenvalue weighted by atomic mass is 79.9. The molecule has 2 rings (SSSR count). The summed E-state index contributed by atoms with van der Waals surface area (Å²) in [6.45, 7) is 0.561. The number of esters is 1. The van der Waals surface area contributed by atoms with Crippen LogP contribution < -0.4 is 0 Å². The molecule has 0 saturated carbocycles. The molecule has 112 valence electrons. The van der Waals surface area contributed by atoms with Crippen molar-refractivity contribution in [3.05, 3.63) is 14.9 Å². The molecule has 1 fully saturated rings. The highest BCUT2D eigenvalue weighted by Crippen LogP contribution is 2.36. The van der Waals surface area contributed by atoms with Crippen molar-refractivity contribution >= 4 is 54.9 Å². The van der Waals surface area contributed by atoms with Crippen LogP contribution in [0.2, 0.25) is 5.02 Å². The first-order chi connectivity index (χ1) is 9.36. The zero-order chi connectivity index (χ0) is 14.9. The molecular formula is C11H13BrClNO4S2. The average Bonchev–Trinajstić information content (AvgIpc) is 2.78. The van der Waals surface area contributed by atoms with E-state index in [4.69, 9.17) is 16.3 Å². The van der Waals surface area contributed by atoms with Crippen LogP contribution in [0.25, 0.3) is 0 Å². The smallest absolute Gasteiger partial charge is 0.309 e. The van der Waals surface area contributed by atoms with Crippen LogP contribution in [0.3, 0.4) is 0 Å². The van der Waals surface area contributed by atoms with E-state index in [0.29, 0.717) is 28.2 Å². The Morgan fingerprint density at radius 2 is 2.30 bits per heavy atom. The molecule has 0 unspecified atom stereocenters. The second-order valence-electron chi connectivity index (χ2n) is 4.41. The van der Waals surface area contributed by atoms with E-state index in [2.05, 4.69) is 15.9 Å². The van der Waals surface area contributed by atoms with Gasteiger partial charge in [-0.1, -0.05) is 11.6 Å². The molecule has 5 nitrogen and oxygen atoms in total. The van der Waals surface area contributed by atoms with Crippen molar-refractivity contribution in [3.63, 3.8) is 0 Å². The molecule has 1 aromatic heterocycles. The van der Waals surface area contributed by atoms with Gasteiger partial charge in [-0.15, -0.1) is 11.3 Å². The number of piperidine rings is 1. The van der Waals surface area contributed by atoms with E-state index >= 15 is 0 Å². The number of sulfonamides is 1. The van der Waals surface area contributed by atoms with E-state index in [9.17, 15) is 13.2 Å². The first-order valence-electron chi connectivity index (χ1n) is 5.89. The third-order valence-corrected chi connectivity index (χ3v) is 7.92. The molecule has 0 spiro atoms. The standard InChI is InChI=1S/C11H13BrClNO4S2/c1-18-11(15)7-3-2-4-14(6-7)20(16,17)9-5-8(13)10(12)19-9/h5,7H,2-4,6H2,1H3/t7-/m0/s1. The molecule has 0 aliphatic carbocycles. The van der Waals surface area contributed by atoms with Crippen molar-refractivity contribution in [1.82, 2.24) is 4.31 Å². The van der Waals surface area contributed by atoms with Crippen LogP contribution in [0.4, 0.5) is 0 Å². The van der Waals surface area contributed by atoms with Crippen LogP contribution >= 0.6 is 38.9 Å². The summed E-state index contributed by atoms with van der Waals surface area (Å²) >= 11 is 10.2. The van der Waals surface area contributed by atoms with Crippen molar-refractivity contribution in [2.24, 2.45) is 5.92 Å². The Labute approximate surface area is 135 Å². The lowest BCUT2D eigenvalue weighted by molar-refractivity contribution is -0.146. The molecule has 1 aromatic rings. The zero-order valence-corrected chi connectivity index (χ0v) is 14.6. The molecule has 1 aliphatic heterocycles. The average molecular weight is 403 g/mol. The number of halogens is 2. The first-order valence-corrected chi connectivity index (χ1v) is 9.32. The van der Waals surface area contributed by atoms with Gasteiger partial charge < -0.3 is 4.74 Å². The molecule has 0 amide bonds. The predicted octanol–water partition coefficient (Wildman–Crippen LogP) is 2.74. The number of nitrogens with zero attached hydrogens (tertiary/aromatic N) is 1. The number of ether oxygens (including phenoxy) is 1. The van der Waals surface area contributed by atoms with Gasteiger partial charge >= 0.3 is 5.97 Å². The van der Waals surface area contributed by atoms with E-state index in [0.717, 1.165) is 11.3 Å². The summed E-state index contributed by atoms with van der Waals surface area (Å²) in [6.07, 6.45) is 1.28. The minimum Gasteiger partial charge on any atom is -0.469 e. The van der Waals surface area contributed by atoms with Gasteiger partial charge in [-0.25, -0.2) is 8.42 Å². The van der Waals surface area contributed by atoms with E-state index in [1.54, 1.807) is 0 Å². The van der Waals surface area contributed by atoms with Crippen LogP contribution in [-0.2, 0) is 19.6 Å². The fourth-order valence-corrected chi connectivity index (χ4v) is 6.18. The van der Waals surface area contributed by atoms with E-state index in [1.165, 1.54) is 17.5 Å². The Morgan fingerprint density at radius 1 is 1.60 bits per heavy atom. The lowest BCUT2D eigenvalue weighted by Gasteiger charge is -2.29. The monoisotopic (exact) mass is 401 g/mol. The van der Waals surface area contributed by atoms with Gasteiger partial charge in [-0.2, -0.15) is 4.31 Å². The summed E-state index contributed by atoms with van der Waals surface area (Å²) < 4.78 is 31.8. The molecule has 0 bridgehead atoms. The third kappa shape index (κ3) is 3.19. The van der Waals surface area contributed by atoms with Gasteiger partial charge in [0.2, 0.25) is 0 Å². The highest BCUT2D eigenvalue weighted by molar-refractivity contribution is 9.11. The normalized spacial score (nSPS) is 20.9. The Morgan fingerprint density at radius 3 is 2.85 bits per heavy atom. The number of rotatable bonds is 3. The summed E-state index contributed by atoms with van der Waals surface area (Å²) in [5.74, 6) is -0.766. The van der Waals surface area contributed by atoms with Crippen molar-refractivity contribution in [3.8, 4) is 0 Å². The number of hydrogen-bond acceptors (Lipinski definition) is 5. The molecule has 0 aromatic carbocycles. The van der Waals surface area contributed by atoms with E-state index < -0.39 is 15.9 Å². The van der Waals surface area contributed by atoms with Gasteiger partial charge in [0.25, 0.3) is 10.0 Å². The topological polar surface area (TPSA) is 63.7 Å². The largest absolute Gasteiger partial charge is 0.469 e. The number of hydrogen-bond donors (Lipinski definition) is 0. The molecule has 20 heavy (non-hydrogen) atoms. The van der Waals surface area contributed by atoms with Crippen LogP contribution in [0.5, 0.6) is 0 Å². The molecule has 0 N–H and O–H groups in total. The number of methoxy groups -OCH3 is 1. The fourth-order valence-electron chi connectivity index (χ4n) is 2.10. The first kappa shape index (κ1) is 16.2. The summed E-state index contributed by atoms with van der Waals surface area (Å²) in [6, 6.07) is 1.42. The lowest BCUT2D eigenvalue weighted by atomic mass is 10.0. The molecule has 9 heteroatoms. The number of carbonyl (C=O) groups is 1.